The van der Waals surface area contributed by atoms with Gasteiger partial charge >= 0.3 is 163 Å². The standard InChI is InChI=1S/C23H54P2/c1-7-16-24(17-8-2,18-9-3)22-14-13-15-23-25(19-10-4,20-11-5)21-12-6/h24-25H,7-23H2,1-6H3. The van der Waals surface area contributed by atoms with Crippen LogP contribution in [-0.4, -0.2) is 49.3 Å². The minimum atomic E-state index is -0.926. The average molecular weight is 393 g/mol. The van der Waals surface area contributed by atoms with Gasteiger partial charge in [-0.05, 0) is 0 Å². The van der Waals surface area contributed by atoms with Crippen molar-refractivity contribution in [3.63, 3.8) is 0 Å². The van der Waals surface area contributed by atoms with Crippen LogP contribution in [0.15, 0.2) is 0 Å². The molecule has 0 radical (unpaired) electrons. The molecule has 0 nitrogen and oxygen atoms in total. The molecule has 0 aromatic rings. The molecule has 0 aromatic heterocycles. The van der Waals surface area contributed by atoms with Gasteiger partial charge in [-0.3, -0.25) is 0 Å². The Balaban J connectivity index is 4.49. The van der Waals surface area contributed by atoms with Crippen LogP contribution in [0.3, 0.4) is 0 Å². The molecule has 0 fully saturated rings. The Kier molecular flexibility index (Phi) is 16.4. The fourth-order valence-corrected chi connectivity index (χ4v) is 17.2. The van der Waals surface area contributed by atoms with Gasteiger partial charge in [0.15, 0.2) is 0 Å². The Morgan fingerprint density at radius 2 is 0.560 bits per heavy atom. The predicted molar refractivity (Wildman–Crippen MR) is 131 cm³/mol. The predicted octanol–water partition coefficient (Wildman–Crippen LogP) is 8.12. The Morgan fingerprint density at radius 1 is 0.320 bits per heavy atom. The summed E-state index contributed by atoms with van der Waals surface area (Å²) in [5, 5.41) is 0. The molecular formula is C23H54P2. The van der Waals surface area contributed by atoms with E-state index in [4.69, 9.17) is 0 Å². The third kappa shape index (κ3) is 10.7. The van der Waals surface area contributed by atoms with Crippen LogP contribution in [0.2, 0.25) is 0 Å². The summed E-state index contributed by atoms with van der Waals surface area (Å²) in [4.78, 5) is 0. The van der Waals surface area contributed by atoms with Crippen LogP contribution in [0.5, 0.6) is 0 Å². The van der Waals surface area contributed by atoms with Crippen molar-refractivity contribution in [2.75, 3.05) is 49.3 Å². The quantitative estimate of drug-likeness (QED) is 0.163. The molecule has 0 bridgehead atoms. The van der Waals surface area contributed by atoms with E-state index in [0.29, 0.717) is 0 Å². The summed E-state index contributed by atoms with van der Waals surface area (Å²) in [6.45, 7) is 14.5. The molecule has 0 rings (SSSR count). The molecule has 0 N–H and O–H groups in total. The third-order valence-electron chi connectivity index (χ3n) is 6.60. The fraction of sp³-hybridized carbons (Fsp3) is 1.00. The van der Waals surface area contributed by atoms with Crippen molar-refractivity contribution >= 4 is 14.5 Å². The summed E-state index contributed by atoms with van der Waals surface area (Å²) in [6.07, 6.45) is 26.2. The molecule has 0 heterocycles. The van der Waals surface area contributed by atoms with E-state index in [0.717, 1.165) is 0 Å². The molecule has 0 aromatic carbocycles. The molecule has 156 valence electrons. The van der Waals surface area contributed by atoms with E-state index in [9.17, 15) is 0 Å². The van der Waals surface area contributed by atoms with Crippen LogP contribution in [0.25, 0.3) is 0 Å². The molecule has 0 amide bonds. The maximum absolute atomic E-state index is 2.42. The van der Waals surface area contributed by atoms with Gasteiger partial charge in [-0.1, -0.05) is 0 Å². The first kappa shape index (κ1) is 25.9. The normalized spacial score (nSPS) is 14.0. The van der Waals surface area contributed by atoms with Crippen LogP contribution in [0.1, 0.15) is 99.3 Å². The Morgan fingerprint density at radius 3 is 0.760 bits per heavy atom. The van der Waals surface area contributed by atoms with Gasteiger partial charge in [-0.2, -0.15) is 0 Å². The third-order valence-corrected chi connectivity index (χ3v) is 18.8. The van der Waals surface area contributed by atoms with Crippen molar-refractivity contribution in [3.05, 3.63) is 0 Å². The summed E-state index contributed by atoms with van der Waals surface area (Å²) in [5.41, 5.74) is 0. The van der Waals surface area contributed by atoms with E-state index in [-0.39, 0.29) is 0 Å². The van der Waals surface area contributed by atoms with Crippen molar-refractivity contribution in [2.45, 2.75) is 99.3 Å². The molecule has 2 heteroatoms. The minimum absolute atomic E-state index is 0.926. The van der Waals surface area contributed by atoms with E-state index >= 15 is 0 Å². The van der Waals surface area contributed by atoms with Gasteiger partial charge in [0.1, 0.15) is 0 Å². The van der Waals surface area contributed by atoms with Crippen LogP contribution >= 0.6 is 14.5 Å². The van der Waals surface area contributed by atoms with Crippen LogP contribution in [-0.2, 0) is 0 Å². The van der Waals surface area contributed by atoms with Crippen molar-refractivity contribution in [3.8, 4) is 0 Å². The van der Waals surface area contributed by atoms with E-state index in [2.05, 4.69) is 41.5 Å². The van der Waals surface area contributed by atoms with E-state index in [1.807, 2.05) is 0 Å². The van der Waals surface area contributed by atoms with Gasteiger partial charge in [0.05, 0.1) is 0 Å². The number of rotatable bonds is 18. The molecule has 25 heavy (non-hydrogen) atoms. The Hall–Kier alpha value is 0.860. The van der Waals surface area contributed by atoms with E-state index in [1.54, 1.807) is 62.1 Å². The van der Waals surface area contributed by atoms with Gasteiger partial charge in [0, 0.05) is 0 Å². The Bertz CT molecular complexity index is 226. The van der Waals surface area contributed by atoms with Crippen molar-refractivity contribution in [2.24, 2.45) is 0 Å². The first-order valence-corrected chi connectivity index (χ1v) is 17.7. The van der Waals surface area contributed by atoms with E-state index < -0.39 is 14.5 Å². The summed E-state index contributed by atoms with van der Waals surface area (Å²) < 4.78 is 0. The summed E-state index contributed by atoms with van der Waals surface area (Å²) in [6, 6.07) is 0. The molecule has 0 aliphatic carbocycles. The van der Waals surface area contributed by atoms with Gasteiger partial charge in [0.25, 0.3) is 0 Å². The summed E-state index contributed by atoms with van der Waals surface area (Å²) in [5.74, 6) is 0. The maximum atomic E-state index is 2.42. The summed E-state index contributed by atoms with van der Waals surface area (Å²) in [7, 11) is -1.85. The topological polar surface area (TPSA) is 0 Å². The Labute approximate surface area is 163 Å². The molecule has 0 aliphatic heterocycles. The average Bonchev–Trinajstić information content (AvgIpc) is 2.56. The first-order chi connectivity index (χ1) is 12.1. The second-order valence-electron chi connectivity index (χ2n) is 9.06. The zero-order valence-corrected chi connectivity index (χ0v) is 21.0. The van der Waals surface area contributed by atoms with Crippen LogP contribution in [0, 0.1) is 0 Å². The molecular weight excluding hydrogens is 338 g/mol. The molecule has 0 spiro atoms. The van der Waals surface area contributed by atoms with Crippen molar-refractivity contribution in [1.29, 1.82) is 0 Å². The zero-order chi connectivity index (χ0) is 19.0. The van der Waals surface area contributed by atoms with Crippen LogP contribution < -0.4 is 0 Å². The molecule has 0 atom stereocenters. The fourth-order valence-electron chi connectivity index (χ4n) is 5.86. The van der Waals surface area contributed by atoms with Crippen molar-refractivity contribution < 1.29 is 0 Å². The summed E-state index contributed by atoms with van der Waals surface area (Å²) >= 11 is 0. The van der Waals surface area contributed by atoms with E-state index in [1.165, 1.54) is 44.9 Å². The van der Waals surface area contributed by atoms with Gasteiger partial charge < -0.3 is 0 Å². The first-order valence-electron chi connectivity index (χ1n) is 12.1. The van der Waals surface area contributed by atoms with Gasteiger partial charge in [0.2, 0.25) is 0 Å². The molecule has 0 aliphatic rings. The van der Waals surface area contributed by atoms with Crippen LogP contribution in [0.4, 0.5) is 0 Å². The number of hydrogen-bond donors (Lipinski definition) is 0. The second kappa shape index (κ2) is 15.9. The van der Waals surface area contributed by atoms with Crippen molar-refractivity contribution in [1.82, 2.24) is 0 Å². The number of unbranched alkanes of at least 4 members (excludes halogenated alkanes) is 2. The van der Waals surface area contributed by atoms with Gasteiger partial charge in [-0.25, -0.2) is 0 Å². The monoisotopic (exact) mass is 392 g/mol. The molecule has 0 saturated heterocycles. The SMILES string of the molecule is CCC[PH](CCC)(CCC)CCCCC[PH](CCC)(CCC)CCC. The second-order valence-corrected chi connectivity index (χ2v) is 19.1. The molecule has 0 saturated carbocycles. The zero-order valence-electron chi connectivity index (χ0n) is 19.0. The van der Waals surface area contributed by atoms with Gasteiger partial charge in [-0.15, -0.1) is 0 Å². The number of hydrogen-bond acceptors (Lipinski definition) is 0. The molecule has 0 unspecified atom stereocenters.